The van der Waals surface area contributed by atoms with Gasteiger partial charge in [0, 0.05) is 17.5 Å². The molecule has 0 saturated carbocycles. The fourth-order valence-electron chi connectivity index (χ4n) is 2.21. The predicted molar refractivity (Wildman–Crippen MR) is 78.1 cm³/mol. The number of hydrogen-bond donors (Lipinski definition) is 2. The van der Waals surface area contributed by atoms with Gasteiger partial charge in [-0.2, -0.15) is 0 Å². The van der Waals surface area contributed by atoms with Crippen molar-refractivity contribution in [2.24, 2.45) is 0 Å². The van der Waals surface area contributed by atoms with Crippen LogP contribution in [0.2, 0.25) is 0 Å². The molecule has 0 radical (unpaired) electrons. The van der Waals surface area contributed by atoms with Crippen molar-refractivity contribution in [1.29, 1.82) is 0 Å². The Morgan fingerprint density at radius 2 is 1.79 bits per heavy atom. The minimum absolute atomic E-state index is 0.542. The van der Waals surface area contributed by atoms with Gasteiger partial charge in [0.2, 0.25) is 0 Å². The van der Waals surface area contributed by atoms with E-state index in [4.69, 9.17) is 10.5 Å². The van der Waals surface area contributed by atoms with Crippen molar-refractivity contribution in [3.05, 3.63) is 59.8 Å². The van der Waals surface area contributed by atoms with Gasteiger partial charge in [-0.1, -0.05) is 24.3 Å². The summed E-state index contributed by atoms with van der Waals surface area (Å²) in [6.45, 7) is 2.65. The van der Waals surface area contributed by atoms with Gasteiger partial charge in [0.15, 0.2) is 6.73 Å². The number of nitrogens with two attached hydrogens (primary N) is 1. The Labute approximate surface area is 112 Å². The lowest BCUT2D eigenvalue weighted by Crippen LogP contribution is -1.98. The van der Waals surface area contributed by atoms with Crippen LogP contribution >= 0.6 is 0 Å². The minimum atomic E-state index is 0.542. The van der Waals surface area contributed by atoms with Crippen molar-refractivity contribution in [1.82, 2.24) is 5.32 Å². The number of hydrogen-bond acceptors (Lipinski definition) is 3. The molecule has 19 heavy (non-hydrogen) atoms. The van der Waals surface area contributed by atoms with E-state index < -0.39 is 0 Å². The topological polar surface area (TPSA) is 47.3 Å². The lowest BCUT2D eigenvalue weighted by molar-refractivity contribution is 0.291. The molecular weight excluding hydrogens is 236 g/mol. The molecule has 3 nitrogen and oxygen atoms in total. The SMILES string of the molecule is Cc1ccc(C2=CNCO2)cc1-c1ccc(N)cc1. The second-order valence-corrected chi connectivity index (χ2v) is 4.65. The lowest BCUT2D eigenvalue weighted by atomic mass is 9.97. The third kappa shape index (κ3) is 2.27. The summed E-state index contributed by atoms with van der Waals surface area (Å²) in [5.41, 5.74) is 11.2. The minimum Gasteiger partial charge on any atom is -0.471 e. The molecule has 3 rings (SSSR count). The maximum absolute atomic E-state index is 5.73. The summed E-state index contributed by atoms with van der Waals surface area (Å²) >= 11 is 0. The molecule has 0 atom stereocenters. The van der Waals surface area contributed by atoms with E-state index >= 15 is 0 Å². The van der Waals surface area contributed by atoms with E-state index in [-0.39, 0.29) is 0 Å². The van der Waals surface area contributed by atoms with Gasteiger partial charge in [-0.05, 0) is 41.8 Å². The van der Waals surface area contributed by atoms with E-state index in [2.05, 4.69) is 30.4 Å². The molecule has 1 heterocycles. The highest BCUT2D eigenvalue weighted by Crippen LogP contribution is 2.28. The van der Waals surface area contributed by atoms with Gasteiger partial charge in [0.1, 0.15) is 5.76 Å². The van der Waals surface area contributed by atoms with Crippen LogP contribution in [0.25, 0.3) is 16.9 Å². The van der Waals surface area contributed by atoms with E-state index in [0.717, 1.165) is 17.0 Å². The summed E-state index contributed by atoms with van der Waals surface area (Å²) in [5, 5.41) is 3.05. The first-order valence-electron chi connectivity index (χ1n) is 6.27. The zero-order valence-corrected chi connectivity index (χ0v) is 10.8. The molecule has 0 spiro atoms. The van der Waals surface area contributed by atoms with Gasteiger partial charge in [-0.3, -0.25) is 0 Å². The largest absolute Gasteiger partial charge is 0.471 e. The van der Waals surface area contributed by atoms with Crippen molar-refractivity contribution >= 4 is 11.4 Å². The second-order valence-electron chi connectivity index (χ2n) is 4.65. The van der Waals surface area contributed by atoms with Gasteiger partial charge in [0.05, 0.1) is 0 Å². The van der Waals surface area contributed by atoms with E-state index in [0.29, 0.717) is 6.73 Å². The first-order chi connectivity index (χ1) is 9.24. The normalized spacial score (nSPS) is 13.6. The molecule has 3 heteroatoms. The van der Waals surface area contributed by atoms with Crippen LogP contribution < -0.4 is 11.1 Å². The zero-order valence-electron chi connectivity index (χ0n) is 10.8. The number of rotatable bonds is 2. The van der Waals surface area contributed by atoms with Crippen LogP contribution in [0.1, 0.15) is 11.1 Å². The average molecular weight is 252 g/mol. The van der Waals surface area contributed by atoms with Crippen LogP contribution in [-0.4, -0.2) is 6.73 Å². The number of aryl methyl sites for hydroxylation is 1. The van der Waals surface area contributed by atoms with Crippen LogP contribution in [0.3, 0.4) is 0 Å². The molecule has 0 fully saturated rings. The molecule has 0 amide bonds. The highest BCUT2D eigenvalue weighted by molar-refractivity contribution is 5.74. The Bertz CT molecular complexity index is 630. The summed E-state index contributed by atoms with van der Waals surface area (Å²) in [6.07, 6.45) is 1.90. The van der Waals surface area contributed by atoms with Gasteiger partial charge >= 0.3 is 0 Å². The molecular formula is C16H16N2O. The number of nitrogens with one attached hydrogen (secondary N) is 1. The third-order valence-corrected chi connectivity index (χ3v) is 3.29. The first kappa shape index (κ1) is 11.7. The average Bonchev–Trinajstić information content (AvgIpc) is 2.94. The van der Waals surface area contributed by atoms with Crippen molar-refractivity contribution in [3.8, 4) is 11.1 Å². The quantitative estimate of drug-likeness (QED) is 0.807. The van der Waals surface area contributed by atoms with Crippen molar-refractivity contribution in [2.75, 3.05) is 12.5 Å². The fraction of sp³-hybridized carbons (Fsp3) is 0.125. The van der Waals surface area contributed by atoms with E-state index in [1.165, 1.54) is 16.7 Å². The summed E-state index contributed by atoms with van der Waals surface area (Å²) in [4.78, 5) is 0. The lowest BCUT2D eigenvalue weighted by Gasteiger charge is -2.10. The van der Waals surface area contributed by atoms with Crippen LogP contribution in [0.4, 0.5) is 5.69 Å². The molecule has 0 aromatic heterocycles. The Morgan fingerprint density at radius 3 is 2.47 bits per heavy atom. The molecule has 2 aromatic rings. The third-order valence-electron chi connectivity index (χ3n) is 3.29. The van der Waals surface area contributed by atoms with Gasteiger partial charge in [-0.15, -0.1) is 0 Å². The van der Waals surface area contributed by atoms with Gasteiger partial charge in [0.25, 0.3) is 0 Å². The summed E-state index contributed by atoms with van der Waals surface area (Å²) < 4.78 is 5.52. The number of anilines is 1. The summed E-state index contributed by atoms with van der Waals surface area (Å²) in [5.74, 6) is 0.886. The van der Waals surface area contributed by atoms with E-state index in [9.17, 15) is 0 Å². The summed E-state index contributed by atoms with van der Waals surface area (Å²) in [6, 6.07) is 14.3. The number of nitrogen functional groups attached to an aromatic ring is 1. The Balaban J connectivity index is 2.05. The van der Waals surface area contributed by atoms with Crippen molar-refractivity contribution in [2.45, 2.75) is 6.92 Å². The smallest absolute Gasteiger partial charge is 0.158 e. The van der Waals surface area contributed by atoms with Gasteiger partial charge < -0.3 is 15.8 Å². The molecule has 3 N–H and O–H groups in total. The van der Waals surface area contributed by atoms with E-state index in [1.54, 1.807) is 0 Å². The first-order valence-corrected chi connectivity index (χ1v) is 6.27. The molecule has 1 aliphatic rings. The molecule has 0 saturated heterocycles. The predicted octanol–water partition coefficient (Wildman–Crippen LogP) is 3.12. The van der Waals surface area contributed by atoms with Crippen LogP contribution in [0.5, 0.6) is 0 Å². The molecule has 96 valence electrons. The van der Waals surface area contributed by atoms with Crippen molar-refractivity contribution in [3.63, 3.8) is 0 Å². The fourth-order valence-corrected chi connectivity index (χ4v) is 2.21. The summed E-state index contributed by atoms with van der Waals surface area (Å²) in [7, 11) is 0. The maximum atomic E-state index is 5.73. The van der Waals surface area contributed by atoms with Crippen LogP contribution in [0, 0.1) is 6.92 Å². The molecule has 0 unspecified atom stereocenters. The van der Waals surface area contributed by atoms with Gasteiger partial charge in [-0.25, -0.2) is 0 Å². The number of ether oxygens (including phenoxy) is 1. The number of benzene rings is 2. The van der Waals surface area contributed by atoms with E-state index in [1.807, 2.05) is 30.5 Å². The Kier molecular flexibility index (Phi) is 2.88. The van der Waals surface area contributed by atoms with Crippen LogP contribution in [0.15, 0.2) is 48.7 Å². The standard InChI is InChI=1S/C16H16N2O/c1-11-2-3-13(16-9-18-10-19-16)8-15(11)12-4-6-14(17)7-5-12/h2-9,18H,10,17H2,1H3. The Morgan fingerprint density at radius 1 is 1.05 bits per heavy atom. The van der Waals surface area contributed by atoms with Crippen LogP contribution in [-0.2, 0) is 4.74 Å². The highest BCUT2D eigenvalue weighted by Gasteiger charge is 2.10. The zero-order chi connectivity index (χ0) is 13.2. The monoisotopic (exact) mass is 252 g/mol. The molecule has 0 aliphatic carbocycles. The van der Waals surface area contributed by atoms with Crippen molar-refractivity contribution < 1.29 is 4.74 Å². The molecule has 0 bridgehead atoms. The molecule has 2 aromatic carbocycles. The highest BCUT2D eigenvalue weighted by atomic mass is 16.5. The molecule has 1 aliphatic heterocycles. The Hall–Kier alpha value is -2.42. The maximum Gasteiger partial charge on any atom is 0.158 e. The second kappa shape index (κ2) is 4.69.